The van der Waals surface area contributed by atoms with Crippen LogP contribution in [0.5, 0.6) is 0 Å². The Kier molecular flexibility index (Phi) is 3.44. The van der Waals surface area contributed by atoms with Gasteiger partial charge in [-0.25, -0.2) is 0 Å². The standard InChI is InChI=1S/C14H18Cl2N2/c1-17-9-7-10-5-6-11(8-9)18(10)14-12(15)3-2-4-13(14)16/h2-4,9-11,17H,5-8H2,1H3. The molecule has 98 valence electrons. The molecule has 0 aromatic heterocycles. The second kappa shape index (κ2) is 4.92. The van der Waals surface area contributed by atoms with Gasteiger partial charge in [0.15, 0.2) is 0 Å². The number of fused-ring (bicyclic) bond motifs is 2. The van der Waals surface area contributed by atoms with E-state index in [4.69, 9.17) is 23.2 Å². The molecule has 2 aliphatic heterocycles. The zero-order valence-electron chi connectivity index (χ0n) is 10.5. The molecule has 2 fully saturated rings. The van der Waals surface area contributed by atoms with Gasteiger partial charge in [0.2, 0.25) is 0 Å². The third-order valence-electron chi connectivity index (χ3n) is 4.34. The Labute approximate surface area is 118 Å². The Bertz CT molecular complexity index is 415. The van der Waals surface area contributed by atoms with Gasteiger partial charge >= 0.3 is 0 Å². The molecule has 2 unspecified atom stereocenters. The molecule has 1 aromatic rings. The summed E-state index contributed by atoms with van der Waals surface area (Å²) in [5.74, 6) is 0. The van der Waals surface area contributed by atoms with E-state index in [2.05, 4.69) is 17.3 Å². The van der Waals surface area contributed by atoms with Crippen molar-refractivity contribution in [3.63, 3.8) is 0 Å². The topological polar surface area (TPSA) is 15.3 Å². The monoisotopic (exact) mass is 284 g/mol. The Hall–Kier alpha value is -0.440. The van der Waals surface area contributed by atoms with E-state index in [1.165, 1.54) is 25.7 Å². The van der Waals surface area contributed by atoms with Crippen LogP contribution in [0.15, 0.2) is 18.2 Å². The molecule has 0 spiro atoms. The molecule has 2 saturated heterocycles. The average molecular weight is 285 g/mol. The first-order valence-electron chi connectivity index (χ1n) is 6.60. The number of hydrogen-bond donors (Lipinski definition) is 1. The molecule has 0 radical (unpaired) electrons. The molecule has 2 bridgehead atoms. The molecule has 4 heteroatoms. The maximum atomic E-state index is 6.35. The molecule has 0 aliphatic carbocycles. The summed E-state index contributed by atoms with van der Waals surface area (Å²) in [4.78, 5) is 2.47. The first kappa shape index (κ1) is 12.6. The highest BCUT2D eigenvalue weighted by Crippen LogP contribution is 2.44. The van der Waals surface area contributed by atoms with Crippen molar-refractivity contribution in [3.8, 4) is 0 Å². The van der Waals surface area contributed by atoms with E-state index in [-0.39, 0.29) is 0 Å². The number of halogens is 2. The van der Waals surface area contributed by atoms with Gasteiger partial charge in [-0.15, -0.1) is 0 Å². The lowest BCUT2D eigenvalue weighted by molar-refractivity contribution is 0.374. The number of benzene rings is 1. The lowest BCUT2D eigenvalue weighted by Gasteiger charge is -2.41. The minimum Gasteiger partial charge on any atom is -0.363 e. The third kappa shape index (κ3) is 2.01. The third-order valence-corrected chi connectivity index (χ3v) is 4.95. The Balaban J connectivity index is 1.94. The molecule has 1 aromatic carbocycles. The number of para-hydroxylation sites is 1. The van der Waals surface area contributed by atoms with Gasteiger partial charge < -0.3 is 10.2 Å². The summed E-state index contributed by atoms with van der Waals surface area (Å²) < 4.78 is 0. The van der Waals surface area contributed by atoms with Crippen LogP contribution in [-0.2, 0) is 0 Å². The summed E-state index contributed by atoms with van der Waals surface area (Å²) in [5, 5.41) is 4.97. The number of rotatable bonds is 2. The summed E-state index contributed by atoms with van der Waals surface area (Å²) in [6.07, 6.45) is 4.89. The predicted molar refractivity (Wildman–Crippen MR) is 77.8 cm³/mol. The van der Waals surface area contributed by atoms with Gasteiger partial charge in [0, 0.05) is 18.1 Å². The van der Waals surface area contributed by atoms with E-state index in [1.807, 2.05) is 18.2 Å². The number of nitrogens with zero attached hydrogens (tertiary/aromatic N) is 1. The highest BCUT2D eigenvalue weighted by Gasteiger charge is 2.41. The second-order valence-electron chi connectivity index (χ2n) is 5.32. The SMILES string of the molecule is CNC1CC2CCC(C1)N2c1c(Cl)cccc1Cl. The number of hydrogen-bond acceptors (Lipinski definition) is 2. The first-order valence-corrected chi connectivity index (χ1v) is 7.36. The lowest BCUT2D eigenvalue weighted by atomic mass is 9.96. The molecule has 2 heterocycles. The molecule has 3 rings (SSSR count). The van der Waals surface area contributed by atoms with Crippen LogP contribution in [0.3, 0.4) is 0 Å². The van der Waals surface area contributed by atoms with Crippen LogP contribution in [0.2, 0.25) is 10.0 Å². The van der Waals surface area contributed by atoms with E-state index in [0.717, 1.165) is 15.7 Å². The Morgan fingerprint density at radius 1 is 1.11 bits per heavy atom. The second-order valence-corrected chi connectivity index (χ2v) is 6.13. The van der Waals surface area contributed by atoms with Crippen LogP contribution in [0, 0.1) is 0 Å². The summed E-state index contributed by atoms with van der Waals surface area (Å²) in [6, 6.07) is 7.59. The van der Waals surface area contributed by atoms with Gasteiger partial charge in [-0.2, -0.15) is 0 Å². The fraction of sp³-hybridized carbons (Fsp3) is 0.571. The van der Waals surface area contributed by atoms with Gasteiger partial charge in [-0.1, -0.05) is 29.3 Å². The van der Waals surface area contributed by atoms with Crippen molar-refractivity contribution in [1.82, 2.24) is 5.32 Å². The first-order chi connectivity index (χ1) is 8.70. The van der Waals surface area contributed by atoms with Crippen molar-refractivity contribution in [3.05, 3.63) is 28.2 Å². The summed E-state index contributed by atoms with van der Waals surface area (Å²) in [5.41, 5.74) is 1.04. The minimum atomic E-state index is 0.582. The van der Waals surface area contributed by atoms with Gasteiger partial charge in [0.25, 0.3) is 0 Å². The van der Waals surface area contributed by atoms with Crippen LogP contribution in [0.25, 0.3) is 0 Å². The molecular formula is C14H18Cl2N2. The van der Waals surface area contributed by atoms with Crippen molar-refractivity contribution in [2.24, 2.45) is 0 Å². The predicted octanol–water partition coefficient (Wildman–Crippen LogP) is 3.71. The number of anilines is 1. The lowest BCUT2D eigenvalue weighted by Crippen LogP contribution is -2.48. The molecular weight excluding hydrogens is 267 g/mol. The Morgan fingerprint density at radius 3 is 2.17 bits per heavy atom. The quantitative estimate of drug-likeness (QED) is 0.891. The average Bonchev–Trinajstić information content (AvgIpc) is 2.61. The molecule has 2 atom stereocenters. The molecule has 18 heavy (non-hydrogen) atoms. The van der Waals surface area contributed by atoms with Crippen LogP contribution in [-0.4, -0.2) is 25.2 Å². The fourth-order valence-corrected chi connectivity index (χ4v) is 4.11. The summed E-state index contributed by atoms with van der Waals surface area (Å²) >= 11 is 12.7. The van der Waals surface area contributed by atoms with Crippen LogP contribution in [0.4, 0.5) is 5.69 Å². The van der Waals surface area contributed by atoms with Crippen LogP contribution < -0.4 is 10.2 Å². The molecule has 1 N–H and O–H groups in total. The largest absolute Gasteiger partial charge is 0.363 e. The number of piperidine rings is 1. The van der Waals surface area contributed by atoms with Gasteiger partial charge in [-0.3, -0.25) is 0 Å². The van der Waals surface area contributed by atoms with Crippen LogP contribution >= 0.6 is 23.2 Å². The van der Waals surface area contributed by atoms with E-state index in [0.29, 0.717) is 18.1 Å². The van der Waals surface area contributed by atoms with E-state index < -0.39 is 0 Å². The Morgan fingerprint density at radius 2 is 1.67 bits per heavy atom. The van der Waals surface area contributed by atoms with Crippen LogP contribution in [0.1, 0.15) is 25.7 Å². The maximum Gasteiger partial charge on any atom is 0.0749 e. The fourth-order valence-electron chi connectivity index (χ4n) is 3.51. The zero-order chi connectivity index (χ0) is 12.7. The van der Waals surface area contributed by atoms with Crippen molar-refractivity contribution >= 4 is 28.9 Å². The summed E-state index contributed by atoms with van der Waals surface area (Å²) in [6.45, 7) is 0. The van der Waals surface area contributed by atoms with E-state index >= 15 is 0 Å². The van der Waals surface area contributed by atoms with E-state index in [1.54, 1.807) is 0 Å². The smallest absolute Gasteiger partial charge is 0.0749 e. The maximum absolute atomic E-state index is 6.35. The molecule has 2 aliphatic rings. The van der Waals surface area contributed by atoms with E-state index in [9.17, 15) is 0 Å². The highest BCUT2D eigenvalue weighted by atomic mass is 35.5. The van der Waals surface area contributed by atoms with Gasteiger partial charge in [0.1, 0.15) is 0 Å². The van der Waals surface area contributed by atoms with Crippen molar-refractivity contribution in [2.45, 2.75) is 43.8 Å². The number of nitrogens with one attached hydrogen (secondary N) is 1. The van der Waals surface area contributed by atoms with Crippen molar-refractivity contribution in [1.29, 1.82) is 0 Å². The highest BCUT2D eigenvalue weighted by molar-refractivity contribution is 6.39. The normalized spacial score (nSPS) is 30.8. The minimum absolute atomic E-state index is 0.582. The molecule has 2 nitrogen and oxygen atoms in total. The van der Waals surface area contributed by atoms with Crippen molar-refractivity contribution in [2.75, 3.05) is 11.9 Å². The summed E-state index contributed by atoms with van der Waals surface area (Å²) in [7, 11) is 2.06. The van der Waals surface area contributed by atoms with Gasteiger partial charge in [-0.05, 0) is 44.9 Å². The van der Waals surface area contributed by atoms with Gasteiger partial charge in [0.05, 0.1) is 15.7 Å². The zero-order valence-corrected chi connectivity index (χ0v) is 12.0. The van der Waals surface area contributed by atoms with Crippen molar-refractivity contribution < 1.29 is 0 Å². The molecule has 0 saturated carbocycles. The molecule has 0 amide bonds.